The first-order valence-corrected chi connectivity index (χ1v) is 21.7. The zero-order valence-corrected chi connectivity index (χ0v) is 32.3. The SMILES string of the molecule is C[C@@H]1CS(=O)(=O)NC(=O)c2ccc3c(c2)N(C[C@@H]2CC[C@H]2[C@](O)(CN2CCN4CCCC[C@@H]4C2)/C=C/[C@@H]1C)C[C@@]1(CCCc2cc(Cl)ccc21)CO3. The molecular weight excluding hydrogens is 696 g/mol. The quantitative estimate of drug-likeness (QED) is 0.381. The Morgan fingerprint density at radius 3 is 2.71 bits per heavy atom. The third-order valence-corrected chi connectivity index (χ3v) is 15.2. The van der Waals surface area contributed by atoms with E-state index in [9.17, 15) is 18.3 Å². The highest BCUT2D eigenvalue weighted by atomic mass is 35.5. The summed E-state index contributed by atoms with van der Waals surface area (Å²) in [5, 5.41) is 13.6. The maximum atomic E-state index is 13.5. The van der Waals surface area contributed by atoms with Crippen molar-refractivity contribution in [2.75, 3.05) is 63.1 Å². The van der Waals surface area contributed by atoms with Gasteiger partial charge in [0, 0.05) is 61.3 Å². The Hall–Kier alpha value is -2.63. The van der Waals surface area contributed by atoms with Crippen LogP contribution in [-0.2, 0) is 21.9 Å². The van der Waals surface area contributed by atoms with E-state index in [2.05, 4.69) is 31.6 Å². The van der Waals surface area contributed by atoms with Gasteiger partial charge in [-0.15, -0.1) is 0 Å². The number of amides is 1. The second kappa shape index (κ2) is 14.2. The van der Waals surface area contributed by atoms with E-state index in [-0.39, 0.29) is 34.8 Å². The summed E-state index contributed by atoms with van der Waals surface area (Å²) < 4.78 is 35.8. The number of hydrogen-bond donors (Lipinski definition) is 2. The lowest BCUT2D eigenvalue weighted by Crippen LogP contribution is -2.60. The molecule has 2 bridgehead atoms. The van der Waals surface area contributed by atoms with Gasteiger partial charge in [0.2, 0.25) is 10.0 Å². The molecule has 0 aromatic heterocycles. The Bertz CT molecular complexity index is 1820. The minimum atomic E-state index is -3.93. The van der Waals surface area contributed by atoms with Crippen LogP contribution in [0.15, 0.2) is 48.6 Å². The summed E-state index contributed by atoms with van der Waals surface area (Å²) in [6.07, 6.45) is 12.7. The summed E-state index contributed by atoms with van der Waals surface area (Å²) in [7, 11) is -3.93. The van der Waals surface area contributed by atoms with E-state index < -0.39 is 21.5 Å². The number of carbonyl (C=O) groups is 1. The Balaban J connectivity index is 1.17. The fraction of sp³-hybridized carbons (Fsp3) is 0.634. The average molecular weight is 751 g/mol. The molecule has 1 saturated carbocycles. The number of piperidine rings is 1. The molecule has 3 fully saturated rings. The van der Waals surface area contributed by atoms with Crippen LogP contribution in [0.3, 0.4) is 0 Å². The fourth-order valence-corrected chi connectivity index (χ4v) is 11.9. The Morgan fingerprint density at radius 1 is 1.02 bits per heavy atom. The number of rotatable bonds is 2. The Labute approximate surface area is 314 Å². The molecule has 2 aromatic rings. The van der Waals surface area contributed by atoms with Crippen molar-refractivity contribution in [3.8, 4) is 5.75 Å². The maximum Gasteiger partial charge on any atom is 0.264 e. The second-order valence-electron chi connectivity index (χ2n) is 17.1. The topological polar surface area (TPSA) is 102 Å². The normalized spacial score (nSPS) is 35.9. The van der Waals surface area contributed by atoms with Crippen molar-refractivity contribution in [2.45, 2.75) is 82.3 Å². The molecule has 2 saturated heterocycles. The molecule has 7 atom stereocenters. The summed E-state index contributed by atoms with van der Waals surface area (Å²) in [4.78, 5) is 21.1. The molecule has 1 spiro atoms. The number of nitrogens with zero attached hydrogens (tertiary/aromatic N) is 3. The van der Waals surface area contributed by atoms with Crippen LogP contribution in [-0.4, -0.2) is 99.0 Å². The molecule has 4 heterocycles. The molecule has 4 aliphatic heterocycles. The maximum absolute atomic E-state index is 13.5. The molecule has 52 heavy (non-hydrogen) atoms. The first-order valence-electron chi connectivity index (χ1n) is 19.6. The number of aryl methyl sites for hydroxylation is 1. The molecule has 2 N–H and O–H groups in total. The number of sulfonamides is 1. The molecule has 1 amide bonds. The molecule has 11 heteroatoms. The molecule has 8 rings (SSSR count). The van der Waals surface area contributed by atoms with E-state index in [1.807, 2.05) is 44.2 Å². The van der Waals surface area contributed by atoms with Crippen LogP contribution in [0.5, 0.6) is 5.75 Å². The van der Waals surface area contributed by atoms with Gasteiger partial charge in [0.15, 0.2) is 0 Å². The van der Waals surface area contributed by atoms with E-state index in [1.54, 1.807) is 6.07 Å². The number of allylic oxidation sites excluding steroid dienone is 1. The number of halogens is 1. The number of aliphatic hydroxyl groups is 1. The summed E-state index contributed by atoms with van der Waals surface area (Å²) >= 11 is 6.49. The molecule has 2 aromatic carbocycles. The van der Waals surface area contributed by atoms with Crippen molar-refractivity contribution in [1.29, 1.82) is 0 Å². The lowest BCUT2D eigenvalue weighted by molar-refractivity contribution is -0.0767. The molecule has 2 aliphatic carbocycles. The summed E-state index contributed by atoms with van der Waals surface area (Å²) in [6.45, 7) is 10.5. The summed E-state index contributed by atoms with van der Waals surface area (Å²) in [6, 6.07) is 12.1. The van der Waals surface area contributed by atoms with Crippen molar-refractivity contribution < 1.29 is 23.1 Å². The lowest BCUT2D eigenvalue weighted by Gasteiger charge is -2.52. The van der Waals surface area contributed by atoms with Crippen molar-refractivity contribution in [3.05, 3.63) is 70.3 Å². The summed E-state index contributed by atoms with van der Waals surface area (Å²) in [5.41, 5.74) is 2.27. The number of anilines is 1. The van der Waals surface area contributed by atoms with Gasteiger partial charge in [-0.2, -0.15) is 0 Å². The van der Waals surface area contributed by atoms with Crippen LogP contribution in [0.4, 0.5) is 5.69 Å². The number of hydrogen-bond acceptors (Lipinski definition) is 8. The van der Waals surface area contributed by atoms with Gasteiger partial charge in [0.1, 0.15) is 5.75 Å². The smallest absolute Gasteiger partial charge is 0.264 e. The predicted octanol–water partition coefficient (Wildman–Crippen LogP) is 5.64. The van der Waals surface area contributed by atoms with Crippen molar-refractivity contribution in [1.82, 2.24) is 14.5 Å². The zero-order valence-electron chi connectivity index (χ0n) is 30.7. The van der Waals surface area contributed by atoms with Crippen LogP contribution in [0.1, 0.15) is 80.3 Å². The van der Waals surface area contributed by atoms with E-state index in [1.165, 1.54) is 36.9 Å². The Kier molecular flexibility index (Phi) is 9.94. The van der Waals surface area contributed by atoms with Gasteiger partial charge in [-0.1, -0.05) is 50.1 Å². The first kappa shape index (κ1) is 36.4. The van der Waals surface area contributed by atoms with E-state index in [0.717, 1.165) is 62.4 Å². The van der Waals surface area contributed by atoms with Crippen molar-refractivity contribution >= 4 is 33.2 Å². The molecule has 0 unspecified atom stereocenters. The van der Waals surface area contributed by atoms with Crippen LogP contribution in [0.25, 0.3) is 0 Å². The predicted molar refractivity (Wildman–Crippen MR) is 206 cm³/mol. The van der Waals surface area contributed by atoms with E-state index in [0.29, 0.717) is 43.6 Å². The van der Waals surface area contributed by atoms with Gasteiger partial charge in [0.25, 0.3) is 5.91 Å². The molecule has 9 nitrogen and oxygen atoms in total. The van der Waals surface area contributed by atoms with Gasteiger partial charge < -0.3 is 14.7 Å². The number of β-amino-alcohol motifs (C(OH)–C–C–N with tert-alkyl or cyclic N) is 1. The minimum absolute atomic E-state index is 0.0415. The lowest BCUT2D eigenvalue weighted by atomic mass is 9.63. The van der Waals surface area contributed by atoms with Gasteiger partial charge in [0.05, 0.1) is 23.6 Å². The van der Waals surface area contributed by atoms with Crippen molar-refractivity contribution in [2.24, 2.45) is 23.7 Å². The highest BCUT2D eigenvalue weighted by molar-refractivity contribution is 7.90. The highest BCUT2D eigenvalue weighted by Crippen LogP contribution is 2.48. The molecular formula is C41H55ClN4O5S. The highest BCUT2D eigenvalue weighted by Gasteiger charge is 2.49. The minimum Gasteiger partial charge on any atom is -0.490 e. The number of piperazine rings is 1. The number of nitrogens with one attached hydrogen (secondary N) is 1. The number of carbonyl (C=O) groups excluding carboxylic acids is 1. The standard InChI is InChI=1S/C41H55ClN4O5S/c1-28-14-16-41(48,26-44-18-19-45-17-4-3-7-34(45)23-44)36-11-8-32(36)22-46-25-40(15-5-6-30-20-33(42)10-12-35(30)40)27-51-38-13-9-31(21-37(38)46)39(47)43-52(49,50)24-29(28)2/h9-10,12-14,16,20-21,28-29,32,34,36,48H,3-8,11,15,17-19,22-27H2,1-2H3,(H,43,47)/b16-14+/t28-,29+,32-,34+,36+,40-,41+/m0/s1. The number of ether oxygens (including phenoxy) is 1. The second-order valence-corrected chi connectivity index (χ2v) is 19.3. The van der Waals surface area contributed by atoms with Gasteiger partial charge in [-0.05, 0) is 117 Å². The fourth-order valence-electron chi connectivity index (χ4n) is 10.2. The Morgan fingerprint density at radius 2 is 1.88 bits per heavy atom. The molecule has 282 valence electrons. The first-order chi connectivity index (χ1) is 24.9. The largest absolute Gasteiger partial charge is 0.490 e. The summed E-state index contributed by atoms with van der Waals surface area (Å²) in [5.74, 6) is -0.242. The van der Waals surface area contributed by atoms with Gasteiger partial charge in [-0.25, -0.2) is 13.1 Å². The van der Waals surface area contributed by atoms with E-state index >= 15 is 0 Å². The van der Waals surface area contributed by atoms with E-state index in [4.69, 9.17) is 16.3 Å². The van der Waals surface area contributed by atoms with Gasteiger partial charge in [-0.3, -0.25) is 14.6 Å². The average Bonchev–Trinajstić information content (AvgIpc) is 3.24. The van der Waals surface area contributed by atoms with Crippen LogP contribution in [0.2, 0.25) is 5.02 Å². The monoisotopic (exact) mass is 750 g/mol. The molecule has 0 radical (unpaired) electrons. The number of benzene rings is 2. The van der Waals surface area contributed by atoms with Crippen molar-refractivity contribution in [3.63, 3.8) is 0 Å². The van der Waals surface area contributed by atoms with Gasteiger partial charge >= 0.3 is 0 Å². The molecule has 6 aliphatic rings. The van der Waals surface area contributed by atoms with Crippen LogP contribution in [0, 0.1) is 23.7 Å². The number of fused-ring (bicyclic) bond motifs is 5. The third kappa shape index (κ3) is 7.15. The van der Waals surface area contributed by atoms with Crippen LogP contribution >= 0.6 is 11.6 Å². The van der Waals surface area contributed by atoms with Crippen LogP contribution < -0.4 is 14.4 Å². The third-order valence-electron chi connectivity index (χ3n) is 13.5. The zero-order chi connectivity index (χ0) is 36.3.